The van der Waals surface area contributed by atoms with Gasteiger partial charge in [-0.05, 0) is 18.2 Å². The van der Waals surface area contributed by atoms with Crippen molar-refractivity contribution in [2.24, 2.45) is 0 Å². The molecule has 5 heteroatoms. The highest BCUT2D eigenvalue weighted by Gasteiger charge is 2.01. The van der Waals surface area contributed by atoms with Crippen LogP contribution in [0.3, 0.4) is 0 Å². The Hall–Kier alpha value is -2.06. The minimum atomic E-state index is 0.515. The second-order valence-electron chi connectivity index (χ2n) is 3.34. The lowest BCUT2D eigenvalue weighted by Gasteiger charge is -2.06. The molecule has 2 aromatic rings. The first-order valence-electron chi connectivity index (χ1n) is 5.42. The number of thioether (sulfide) groups is 1. The minimum Gasteiger partial charge on any atom is -0.491 e. The fourth-order valence-electron chi connectivity index (χ4n) is 1.33. The monoisotopic (exact) mass is 257 g/mol. The molecule has 1 heterocycles. The molecule has 1 aromatic carbocycles. The van der Waals surface area contributed by atoms with Gasteiger partial charge in [0, 0.05) is 18.1 Å². The van der Waals surface area contributed by atoms with Crippen LogP contribution in [0.5, 0.6) is 5.75 Å². The first kappa shape index (κ1) is 12.4. The highest BCUT2D eigenvalue weighted by molar-refractivity contribution is 7.99. The topological polar surface area (TPSA) is 58.8 Å². The molecule has 0 saturated carbocycles. The second kappa shape index (κ2) is 6.62. The Bertz CT molecular complexity index is 539. The van der Waals surface area contributed by atoms with Crippen molar-refractivity contribution in [1.29, 1.82) is 5.26 Å². The zero-order chi connectivity index (χ0) is 12.6. The number of nitrogens with zero attached hydrogens (tertiary/aromatic N) is 3. The summed E-state index contributed by atoms with van der Waals surface area (Å²) in [5, 5.41) is 9.63. The molecular weight excluding hydrogens is 246 g/mol. The van der Waals surface area contributed by atoms with Crippen LogP contribution in [0.25, 0.3) is 0 Å². The summed E-state index contributed by atoms with van der Waals surface area (Å²) in [6.45, 7) is 0.515. The molecule has 0 aliphatic carbocycles. The standard InChI is InChI=1S/C13H11N3OS/c14-10-11-4-1-2-5-12(11)17-8-9-18-13-15-6-3-7-16-13/h1-7H,8-9H2. The van der Waals surface area contributed by atoms with Crippen LogP contribution in [-0.2, 0) is 0 Å². The zero-order valence-corrected chi connectivity index (χ0v) is 10.4. The lowest BCUT2D eigenvalue weighted by molar-refractivity contribution is 0.343. The first-order chi connectivity index (χ1) is 8.90. The maximum atomic E-state index is 8.90. The van der Waals surface area contributed by atoms with E-state index in [-0.39, 0.29) is 0 Å². The summed E-state index contributed by atoms with van der Waals surface area (Å²) in [5.74, 6) is 1.36. The highest BCUT2D eigenvalue weighted by atomic mass is 32.2. The van der Waals surface area contributed by atoms with Gasteiger partial charge >= 0.3 is 0 Å². The van der Waals surface area contributed by atoms with Gasteiger partial charge in [0.25, 0.3) is 0 Å². The van der Waals surface area contributed by atoms with Crippen molar-refractivity contribution in [2.75, 3.05) is 12.4 Å². The van der Waals surface area contributed by atoms with Crippen molar-refractivity contribution < 1.29 is 4.74 Å². The van der Waals surface area contributed by atoms with Crippen LogP contribution in [0.4, 0.5) is 0 Å². The van der Waals surface area contributed by atoms with Crippen molar-refractivity contribution in [2.45, 2.75) is 5.16 Å². The van der Waals surface area contributed by atoms with Crippen LogP contribution in [0, 0.1) is 11.3 Å². The zero-order valence-electron chi connectivity index (χ0n) is 9.61. The molecule has 4 nitrogen and oxygen atoms in total. The Morgan fingerprint density at radius 3 is 2.72 bits per heavy atom. The van der Waals surface area contributed by atoms with Gasteiger partial charge in [0.15, 0.2) is 5.16 Å². The van der Waals surface area contributed by atoms with Crippen LogP contribution < -0.4 is 4.74 Å². The SMILES string of the molecule is N#Cc1ccccc1OCCSc1ncccn1. The van der Waals surface area contributed by atoms with Gasteiger partial charge in [-0.3, -0.25) is 0 Å². The number of nitriles is 1. The summed E-state index contributed by atoms with van der Waals surface area (Å²) in [7, 11) is 0. The van der Waals surface area contributed by atoms with Gasteiger partial charge < -0.3 is 4.74 Å². The number of hydrogen-bond donors (Lipinski definition) is 0. The van der Waals surface area contributed by atoms with Crippen LogP contribution >= 0.6 is 11.8 Å². The molecule has 0 fully saturated rings. The molecule has 0 saturated heterocycles. The van der Waals surface area contributed by atoms with Gasteiger partial charge in [-0.15, -0.1) is 0 Å². The van der Waals surface area contributed by atoms with E-state index in [1.54, 1.807) is 30.6 Å². The first-order valence-corrected chi connectivity index (χ1v) is 6.40. The van der Waals surface area contributed by atoms with Crippen molar-refractivity contribution in [3.8, 4) is 11.8 Å². The molecule has 90 valence electrons. The van der Waals surface area contributed by atoms with Gasteiger partial charge in [-0.25, -0.2) is 9.97 Å². The fraction of sp³-hybridized carbons (Fsp3) is 0.154. The summed E-state index contributed by atoms with van der Waals surface area (Å²) in [6, 6.07) is 11.1. The smallest absolute Gasteiger partial charge is 0.187 e. The predicted molar refractivity (Wildman–Crippen MR) is 69.4 cm³/mol. The maximum Gasteiger partial charge on any atom is 0.187 e. The third kappa shape index (κ3) is 3.47. The summed E-state index contributed by atoms with van der Waals surface area (Å²) in [5.41, 5.74) is 0.554. The van der Waals surface area contributed by atoms with Gasteiger partial charge in [0.2, 0.25) is 0 Å². The van der Waals surface area contributed by atoms with E-state index in [1.165, 1.54) is 11.8 Å². The normalized spacial score (nSPS) is 9.72. The van der Waals surface area contributed by atoms with E-state index >= 15 is 0 Å². The lowest BCUT2D eigenvalue weighted by atomic mass is 10.2. The Morgan fingerprint density at radius 1 is 1.17 bits per heavy atom. The van der Waals surface area contributed by atoms with E-state index in [9.17, 15) is 0 Å². The average Bonchev–Trinajstić information content (AvgIpc) is 2.45. The molecule has 0 atom stereocenters. The Morgan fingerprint density at radius 2 is 1.94 bits per heavy atom. The predicted octanol–water partition coefficient (Wildman–Crippen LogP) is 2.52. The Kier molecular flexibility index (Phi) is 4.56. The van der Waals surface area contributed by atoms with E-state index in [0.717, 1.165) is 10.9 Å². The molecule has 0 bridgehead atoms. The molecule has 0 aliphatic heterocycles. The molecule has 0 amide bonds. The van der Waals surface area contributed by atoms with Crippen molar-refractivity contribution in [3.05, 3.63) is 48.3 Å². The van der Waals surface area contributed by atoms with Crippen LogP contribution in [0.15, 0.2) is 47.9 Å². The van der Waals surface area contributed by atoms with Gasteiger partial charge in [-0.2, -0.15) is 5.26 Å². The van der Waals surface area contributed by atoms with Gasteiger partial charge in [-0.1, -0.05) is 23.9 Å². The largest absolute Gasteiger partial charge is 0.491 e. The summed E-state index contributed by atoms with van der Waals surface area (Å²) >= 11 is 1.52. The molecule has 18 heavy (non-hydrogen) atoms. The number of para-hydroxylation sites is 1. The molecule has 0 spiro atoms. The van der Waals surface area contributed by atoms with Crippen LogP contribution in [0.2, 0.25) is 0 Å². The van der Waals surface area contributed by atoms with E-state index in [4.69, 9.17) is 10.00 Å². The van der Waals surface area contributed by atoms with Gasteiger partial charge in [0.05, 0.1) is 12.2 Å². The molecule has 2 rings (SSSR count). The number of benzene rings is 1. The summed E-state index contributed by atoms with van der Waals surface area (Å²) in [4.78, 5) is 8.20. The van der Waals surface area contributed by atoms with Crippen molar-refractivity contribution in [3.63, 3.8) is 0 Å². The Labute approximate surface area is 110 Å². The molecule has 0 N–H and O–H groups in total. The van der Waals surface area contributed by atoms with E-state index in [0.29, 0.717) is 17.9 Å². The second-order valence-corrected chi connectivity index (χ2v) is 4.40. The molecule has 0 radical (unpaired) electrons. The number of ether oxygens (including phenoxy) is 1. The number of hydrogen-bond acceptors (Lipinski definition) is 5. The molecular formula is C13H11N3OS. The van der Waals surface area contributed by atoms with Crippen molar-refractivity contribution in [1.82, 2.24) is 9.97 Å². The lowest BCUT2D eigenvalue weighted by Crippen LogP contribution is -2.02. The highest BCUT2D eigenvalue weighted by Crippen LogP contribution is 2.17. The van der Waals surface area contributed by atoms with E-state index in [1.807, 2.05) is 12.1 Å². The third-order valence-corrected chi connectivity index (χ3v) is 2.96. The maximum absolute atomic E-state index is 8.90. The third-order valence-electron chi connectivity index (χ3n) is 2.12. The average molecular weight is 257 g/mol. The summed E-state index contributed by atoms with van der Waals surface area (Å²) in [6.07, 6.45) is 3.42. The van der Waals surface area contributed by atoms with E-state index < -0.39 is 0 Å². The molecule has 1 aromatic heterocycles. The van der Waals surface area contributed by atoms with Crippen LogP contribution in [-0.4, -0.2) is 22.3 Å². The Balaban J connectivity index is 1.81. The molecule has 0 unspecified atom stereocenters. The van der Waals surface area contributed by atoms with E-state index in [2.05, 4.69) is 16.0 Å². The molecule has 0 aliphatic rings. The van der Waals surface area contributed by atoms with Crippen LogP contribution in [0.1, 0.15) is 5.56 Å². The van der Waals surface area contributed by atoms with Gasteiger partial charge in [0.1, 0.15) is 11.8 Å². The number of rotatable bonds is 5. The number of aromatic nitrogens is 2. The summed E-state index contributed by atoms with van der Waals surface area (Å²) < 4.78 is 5.55. The quantitative estimate of drug-likeness (QED) is 0.468. The minimum absolute atomic E-state index is 0.515. The fourth-order valence-corrected chi connectivity index (χ4v) is 1.95. The van der Waals surface area contributed by atoms with Crippen molar-refractivity contribution >= 4 is 11.8 Å².